The van der Waals surface area contributed by atoms with E-state index in [0.717, 1.165) is 16.9 Å². The standard InChI is InChI=1S/C13H15O2S.U/c1-4-16-9-12(13(14)15-3)11-8-6-5-7-10(11)2;/h5-9H,2,4H2,1,3H3;/q-1;/b12-9+;. The number of thioether (sulfide) groups is 1. The van der Waals surface area contributed by atoms with Crippen LogP contribution in [0.25, 0.3) is 5.57 Å². The van der Waals surface area contributed by atoms with Crippen molar-refractivity contribution >= 4 is 23.3 Å². The van der Waals surface area contributed by atoms with Gasteiger partial charge in [-0.1, -0.05) is 13.0 Å². The van der Waals surface area contributed by atoms with Gasteiger partial charge in [-0.05, 0) is 11.2 Å². The summed E-state index contributed by atoms with van der Waals surface area (Å²) in [5.74, 6) is 0.594. The van der Waals surface area contributed by atoms with Gasteiger partial charge in [0, 0.05) is 36.7 Å². The van der Waals surface area contributed by atoms with Crippen LogP contribution in [0.15, 0.2) is 29.7 Å². The van der Waals surface area contributed by atoms with Crippen LogP contribution in [0.4, 0.5) is 0 Å². The minimum atomic E-state index is -0.322. The molecule has 0 aliphatic rings. The van der Waals surface area contributed by atoms with Crippen LogP contribution in [0, 0.1) is 38.0 Å². The van der Waals surface area contributed by atoms with E-state index in [1.165, 1.54) is 7.11 Å². The van der Waals surface area contributed by atoms with Gasteiger partial charge in [0.15, 0.2) is 0 Å². The molecule has 0 radical (unpaired) electrons. The predicted molar refractivity (Wildman–Crippen MR) is 69.0 cm³/mol. The molecule has 0 unspecified atom stereocenters. The fraction of sp³-hybridized carbons (Fsp3) is 0.231. The Kier molecular flexibility index (Phi) is 8.59. The van der Waals surface area contributed by atoms with Crippen LogP contribution in [-0.4, -0.2) is 18.8 Å². The first-order valence-corrected chi connectivity index (χ1v) is 6.07. The first-order chi connectivity index (χ1) is 7.70. The van der Waals surface area contributed by atoms with Crippen LogP contribution in [0.3, 0.4) is 0 Å². The average molecular weight is 473 g/mol. The molecule has 0 saturated heterocycles. The largest absolute Gasteiger partial charge is 0.466 e. The fourth-order valence-corrected chi connectivity index (χ4v) is 1.84. The van der Waals surface area contributed by atoms with Crippen molar-refractivity contribution in [1.29, 1.82) is 0 Å². The summed E-state index contributed by atoms with van der Waals surface area (Å²) in [6.45, 7) is 5.94. The third-order valence-corrected chi connectivity index (χ3v) is 2.82. The molecular formula is C13H15O2SU-. The number of hydrogen-bond acceptors (Lipinski definition) is 3. The van der Waals surface area contributed by atoms with E-state index in [1.807, 2.05) is 36.6 Å². The van der Waals surface area contributed by atoms with E-state index in [2.05, 4.69) is 6.92 Å². The molecule has 0 N–H and O–H groups in total. The van der Waals surface area contributed by atoms with Crippen molar-refractivity contribution < 1.29 is 40.6 Å². The van der Waals surface area contributed by atoms with Gasteiger partial charge in [0.2, 0.25) is 0 Å². The number of esters is 1. The predicted octanol–water partition coefficient (Wildman–Crippen LogP) is 3.14. The molecule has 90 valence electrons. The molecule has 1 rings (SSSR count). The average Bonchev–Trinajstić information content (AvgIpc) is 2.31. The zero-order chi connectivity index (χ0) is 12.0. The number of ether oxygens (including phenoxy) is 1. The Bertz CT molecular complexity index is 402. The van der Waals surface area contributed by atoms with Crippen LogP contribution < -0.4 is 0 Å². The molecule has 0 aliphatic heterocycles. The maximum atomic E-state index is 11.6. The summed E-state index contributed by atoms with van der Waals surface area (Å²) in [4.78, 5) is 11.6. The molecule has 1 aromatic carbocycles. The molecule has 0 atom stereocenters. The van der Waals surface area contributed by atoms with Gasteiger partial charge in [-0.3, -0.25) is 0 Å². The smallest absolute Gasteiger partial charge is 0.326 e. The van der Waals surface area contributed by atoms with Crippen molar-refractivity contribution in [1.82, 2.24) is 0 Å². The molecule has 0 aromatic heterocycles. The van der Waals surface area contributed by atoms with Gasteiger partial charge >= 0.3 is 5.97 Å². The molecule has 2 nitrogen and oxygen atoms in total. The van der Waals surface area contributed by atoms with Crippen molar-refractivity contribution in [3.05, 3.63) is 47.7 Å². The summed E-state index contributed by atoms with van der Waals surface area (Å²) < 4.78 is 4.77. The molecule has 17 heavy (non-hydrogen) atoms. The summed E-state index contributed by atoms with van der Waals surface area (Å²) in [6.07, 6.45) is 0. The maximum absolute atomic E-state index is 11.6. The number of hydrogen-bond donors (Lipinski definition) is 0. The van der Waals surface area contributed by atoms with Gasteiger partial charge in [-0.25, -0.2) is 4.79 Å². The molecule has 4 heteroatoms. The van der Waals surface area contributed by atoms with Gasteiger partial charge in [0.1, 0.15) is 0 Å². The van der Waals surface area contributed by atoms with E-state index < -0.39 is 0 Å². The second-order valence-electron chi connectivity index (χ2n) is 3.14. The Morgan fingerprint density at radius 2 is 2.12 bits per heavy atom. The second-order valence-corrected chi connectivity index (χ2v) is 4.28. The van der Waals surface area contributed by atoms with Crippen molar-refractivity contribution in [2.24, 2.45) is 0 Å². The van der Waals surface area contributed by atoms with Crippen LogP contribution in [-0.2, 0) is 9.53 Å². The van der Waals surface area contributed by atoms with Crippen molar-refractivity contribution in [3.63, 3.8) is 0 Å². The first kappa shape index (κ1) is 16.7. The maximum Gasteiger partial charge on any atom is 0.326 e. The molecular weight excluding hydrogens is 458 g/mol. The monoisotopic (exact) mass is 473 g/mol. The van der Waals surface area contributed by atoms with E-state index >= 15 is 0 Å². The summed E-state index contributed by atoms with van der Waals surface area (Å²) in [7, 11) is 1.39. The summed E-state index contributed by atoms with van der Waals surface area (Å²) in [6, 6.07) is 7.54. The van der Waals surface area contributed by atoms with E-state index in [-0.39, 0.29) is 37.1 Å². The van der Waals surface area contributed by atoms with Gasteiger partial charge in [-0.2, -0.15) is 18.6 Å². The van der Waals surface area contributed by atoms with Crippen molar-refractivity contribution in [2.75, 3.05) is 12.9 Å². The molecule has 0 saturated carbocycles. The second kappa shape index (κ2) is 8.74. The minimum absolute atomic E-state index is 0. The molecule has 1 aromatic rings. The summed E-state index contributed by atoms with van der Waals surface area (Å²) in [5, 5.41) is 1.83. The van der Waals surface area contributed by atoms with Crippen LogP contribution in [0.5, 0.6) is 0 Å². The zero-order valence-electron chi connectivity index (χ0n) is 10.0. The van der Waals surface area contributed by atoms with Crippen LogP contribution >= 0.6 is 11.8 Å². The van der Waals surface area contributed by atoms with E-state index in [4.69, 9.17) is 4.74 Å². The van der Waals surface area contributed by atoms with E-state index in [9.17, 15) is 4.79 Å². The molecule has 0 spiro atoms. The summed E-state index contributed by atoms with van der Waals surface area (Å²) in [5.41, 5.74) is 2.23. The van der Waals surface area contributed by atoms with E-state index in [0.29, 0.717) is 5.57 Å². The number of rotatable bonds is 4. The van der Waals surface area contributed by atoms with Crippen LogP contribution in [0.2, 0.25) is 0 Å². The van der Waals surface area contributed by atoms with Gasteiger partial charge in [-0.15, -0.1) is 29.5 Å². The number of methoxy groups -OCH3 is 1. The zero-order valence-corrected chi connectivity index (χ0v) is 15.0. The van der Waals surface area contributed by atoms with Gasteiger partial charge in [0.05, 0.1) is 7.11 Å². The molecule has 0 heterocycles. The first-order valence-electron chi connectivity index (χ1n) is 5.02. The Labute approximate surface area is 131 Å². The number of carbonyl (C=O) groups excluding carboxylic acids is 1. The Balaban J connectivity index is 0.00000256. The number of benzene rings is 1. The Morgan fingerprint density at radius 1 is 1.47 bits per heavy atom. The van der Waals surface area contributed by atoms with E-state index in [1.54, 1.807) is 11.8 Å². The third-order valence-electron chi connectivity index (χ3n) is 2.08. The molecule has 0 fully saturated rings. The SMILES string of the molecule is [CH2-]c1ccccc1/C(=C\SCC)C(=O)OC.[U]. The van der Waals surface area contributed by atoms with Crippen molar-refractivity contribution in [2.45, 2.75) is 6.92 Å². The third kappa shape index (κ3) is 4.83. The fourth-order valence-electron chi connectivity index (χ4n) is 1.28. The number of carbonyl (C=O) groups is 1. The quantitative estimate of drug-likeness (QED) is 0.382. The topological polar surface area (TPSA) is 26.3 Å². The Morgan fingerprint density at radius 3 is 2.65 bits per heavy atom. The molecule has 0 aliphatic carbocycles. The molecule has 0 bridgehead atoms. The van der Waals surface area contributed by atoms with Gasteiger partial charge < -0.3 is 4.74 Å². The van der Waals surface area contributed by atoms with Crippen molar-refractivity contribution in [3.8, 4) is 0 Å². The van der Waals surface area contributed by atoms with Gasteiger partial charge in [0.25, 0.3) is 0 Å². The normalized spacial score (nSPS) is 10.6. The summed E-state index contributed by atoms with van der Waals surface area (Å²) >= 11 is 1.57. The van der Waals surface area contributed by atoms with Crippen LogP contribution in [0.1, 0.15) is 18.1 Å². The minimum Gasteiger partial charge on any atom is -0.466 e. The molecule has 0 amide bonds. The Hall–Kier alpha value is -0.298.